The molecule has 0 aromatic heterocycles. The topological polar surface area (TPSA) is 86.7 Å². The van der Waals surface area contributed by atoms with Crippen LogP contribution in [0.3, 0.4) is 0 Å². The minimum absolute atomic E-state index is 0. The summed E-state index contributed by atoms with van der Waals surface area (Å²) in [6, 6.07) is 6.00. The fourth-order valence-corrected chi connectivity index (χ4v) is 1.04. The van der Waals surface area contributed by atoms with Crippen LogP contribution in [0, 0.1) is 0 Å². The standard InChI is InChI=1S/C7H8O5S.Na/c8-7-4-2-1-3-6(7)5-12-13(9,10)11;/h1-4,8H,5H2,(H,9,10,11);/q;+1/p-1. The molecule has 1 rings (SSSR count). The molecule has 0 spiro atoms. The summed E-state index contributed by atoms with van der Waals surface area (Å²) in [5, 5.41) is 9.13. The van der Waals surface area contributed by atoms with E-state index < -0.39 is 17.0 Å². The van der Waals surface area contributed by atoms with Crippen molar-refractivity contribution in [1.82, 2.24) is 0 Å². The molecular formula is C7H7NaO5S. The van der Waals surface area contributed by atoms with Gasteiger partial charge in [0.1, 0.15) is 5.75 Å². The van der Waals surface area contributed by atoms with Crippen molar-refractivity contribution in [1.29, 1.82) is 0 Å². The molecule has 14 heavy (non-hydrogen) atoms. The molecule has 7 heteroatoms. The zero-order chi connectivity index (χ0) is 9.90. The van der Waals surface area contributed by atoms with E-state index >= 15 is 0 Å². The molecule has 1 aromatic rings. The number of rotatable bonds is 3. The van der Waals surface area contributed by atoms with Crippen molar-refractivity contribution in [3.05, 3.63) is 29.8 Å². The van der Waals surface area contributed by atoms with Crippen LogP contribution in [0.2, 0.25) is 0 Å². The van der Waals surface area contributed by atoms with Gasteiger partial charge in [-0.05, 0) is 6.07 Å². The van der Waals surface area contributed by atoms with Gasteiger partial charge in [-0.25, -0.2) is 8.42 Å². The van der Waals surface area contributed by atoms with E-state index in [2.05, 4.69) is 4.18 Å². The van der Waals surface area contributed by atoms with E-state index in [1.165, 1.54) is 12.1 Å². The van der Waals surface area contributed by atoms with Crippen molar-refractivity contribution in [3.8, 4) is 5.75 Å². The smallest absolute Gasteiger partial charge is 0.726 e. The molecule has 0 aliphatic heterocycles. The molecule has 1 N–H and O–H groups in total. The number of hydrogen-bond donors (Lipinski definition) is 1. The summed E-state index contributed by atoms with van der Waals surface area (Å²) in [7, 11) is -4.70. The van der Waals surface area contributed by atoms with Gasteiger partial charge in [0.15, 0.2) is 0 Å². The number of para-hydroxylation sites is 1. The van der Waals surface area contributed by atoms with Gasteiger partial charge in [0.05, 0.1) is 6.61 Å². The van der Waals surface area contributed by atoms with Crippen molar-refractivity contribution in [2.75, 3.05) is 0 Å². The van der Waals surface area contributed by atoms with E-state index in [1.807, 2.05) is 0 Å². The minimum atomic E-state index is -4.70. The van der Waals surface area contributed by atoms with Gasteiger partial charge in [0.25, 0.3) is 0 Å². The molecule has 0 aliphatic carbocycles. The van der Waals surface area contributed by atoms with Crippen LogP contribution in [0.1, 0.15) is 5.56 Å². The van der Waals surface area contributed by atoms with E-state index in [1.54, 1.807) is 12.1 Å². The molecule has 0 radical (unpaired) electrons. The second kappa shape index (κ2) is 5.69. The van der Waals surface area contributed by atoms with Crippen LogP contribution in [0.4, 0.5) is 0 Å². The Balaban J connectivity index is 0.00000169. The second-order valence-electron chi connectivity index (χ2n) is 2.30. The molecule has 0 fully saturated rings. The van der Waals surface area contributed by atoms with Gasteiger partial charge in [0, 0.05) is 5.56 Å². The third-order valence-electron chi connectivity index (χ3n) is 1.35. The average molecular weight is 226 g/mol. The predicted molar refractivity (Wildman–Crippen MR) is 42.6 cm³/mol. The summed E-state index contributed by atoms with van der Waals surface area (Å²) in [4.78, 5) is 0. The molecule has 1 aromatic carbocycles. The number of benzene rings is 1. The Kier molecular flexibility index (Phi) is 5.65. The van der Waals surface area contributed by atoms with Crippen LogP contribution >= 0.6 is 0 Å². The van der Waals surface area contributed by atoms with Crippen LogP contribution in [-0.4, -0.2) is 18.1 Å². The zero-order valence-corrected chi connectivity index (χ0v) is 10.3. The largest absolute Gasteiger partial charge is 1.00 e. The molecule has 72 valence electrons. The van der Waals surface area contributed by atoms with Crippen LogP contribution in [0.5, 0.6) is 5.75 Å². The molecule has 0 aliphatic rings. The van der Waals surface area contributed by atoms with E-state index in [0.29, 0.717) is 0 Å². The maximum atomic E-state index is 10.1. The van der Waals surface area contributed by atoms with Crippen molar-refractivity contribution in [3.63, 3.8) is 0 Å². The van der Waals surface area contributed by atoms with Crippen LogP contribution in [0.15, 0.2) is 24.3 Å². The van der Waals surface area contributed by atoms with Crippen LogP contribution in [0.25, 0.3) is 0 Å². The van der Waals surface area contributed by atoms with Gasteiger partial charge in [0.2, 0.25) is 10.4 Å². The van der Waals surface area contributed by atoms with Gasteiger partial charge in [-0.3, -0.25) is 4.18 Å². The van der Waals surface area contributed by atoms with Gasteiger partial charge in [-0.15, -0.1) is 0 Å². The maximum Gasteiger partial charge on any atom is 1.00 e. The van der Waals surface area contributed by atoms with E-state index in [-0.39, 0.29) is 40.9 Å². The van der Waals surface area contributed by atoms with Gasteiger partial charge < -0.3 is 9.66 Å². The summed E-state index contributed by atoms with van der Waals surface area (Å²) in [6.45, 7) is -0.446. The Morgan fingerprint density at radius 2 is 1.93 bits per heavy atom. The molecule has 0 heterocycles. The molecule has 5 nitrogen and oxygen atoms in total. The third kappa shape index (κ3) is 4.94. The second-order valence-corrected chi connectivity index (χ2v) is 3.35. The van der Waals surface area contributed by atoms with Crippen molar-refractivity contribution >= 4 is 10.4 Å². The predicted octanol–water partition coefficient (Wildman–Crippen LogP) is -2.63. The number of aromatic hydroxyl groups is 1. The Labute approximate surface area is 104 Å². The molecular weight excluding hydrogens is 219 g/mol. The monoisotopic (exact) mass is 226 g/mol. The van der Waals surface area contributed by atoms with Gasteiger partial charge in [-0.2, -0.15) is 0 Å². The van der Waals surface area contributed by atoms with Crippen molar-refractivity contribution < 1.29 is 51.8 Å². The molecule has 0 amide bonds. The summed E-state index contributed by atoms with van der Waals surface area (Å²) in [6.07, 6.45) is 0. The van der Waals surface area contributed by atoms with Crippen LogP contribution < -0.4 is 29.6 Å². The van der Waals surface area contributed by atoms with E-state index in [0.717, 1.165) is 0 Å². The van der Waals surface area contributed by atoms with Crippen molar-refractivity contribution in [2.24, 2.45) is 0 Å². The van der Waals surface area contributed by atoms with Gasteiger partial charge in [-0.1, -0.05) is 18.2 Å². The first-order chi connectivity index (χ1) is 5.99. The molecule has 0 saturated heterocycles. The normalized spacial score (nSPS) is 10.6. The quantitative estimate of drug-likeness (QED) is 0.346. The number of hydrogen-bond acceptors (Lipinski definition) is 5. The van der Waals surface area contributed by atoms with Crippen molar-refractivity contribution in [2.45, 2.75) is 6.61 Å². The Bertz CT molecular complexity index is 389. The Morgan fingerprint density at radius 3 is 2.43 bits per heavy atom. The van der Waals surface area contributed by atoms with Gasteiger partial charge >= 0.3 is 29.6 Å². The molecule has 0 atom stereocenters. The Hall–Kier alpha value is -0.110. The third-order valence-corrected chi connectivity index (χ3v) is 1.76. The SMILES string of the molecule is O=S(=O)([O-])OCc1ccccc1O.[Na+]. The zero-order valence-electron chi connectivity index (χ0n) is 7.50. The fraction of sp³-hybridized carbons (Fsp3) is 0.143. The maximum absolute atomic E-state index is 10.1. The van der Waals surface area contributed by atoms with Crippen LogP contribution in [-0.2, 0) is 21.2 Å². The summed E-state index contributed by atoms with van der Waals surface area (Å²) in [5.41, 5.74) is 0.252. The first-order valence-electron chi connectivity index (χ1n) is 3.36. The molecule has 0 bridgehead atoms. The first kappa shape index (κ1) is 13.9. The number of phenols is 1. The van der Waals surface area contributed by atoms with E-state index in [9.17, 15) is 13.0 Å². The summed E-state index contributed by atoms with van der Waals surface area (Å²) < 4.78 is 34.1. The number of phenolic OH excluding ortho intramolecular Hbond substituents is 1. The molecule has 0 saturated carbocycles. The summed E-state index contributed by atoms with van der Waals surface area (Å²) in [5.74, 6) is -0.105. The summed E-state index contributed by atoms with van der Waals surface area (Å²) >= 11 is 0. The fourth-order valence-electron chi connectivity index (χ4n) is 0.769. The average Bonchev–Trinajstić information content (AvgIpc) is 2.01. The first-order valence-corrected chi connectivity index (χ1v) is 4.69. The minimum Gasteiger partial charge on any atom is -0.726 e. The molecule has 0 unspecified atom stereocenters. The Morgan fingerprint density at radius 1 is 1.36 bits per heavy atom. The van der Waals surface area contributed by atoms with E-state index in [4.69, 9.17) is 5.11 Å².